The van der Waals surface area contributed by atoms with Crippen molar-refractivity contribution in [1.29, 1.82) is 0 Å². The third kappa shape index (κ3) is 15.7. The van der Waals surface area contributed by atoms with Crippen LogP contribution in [0.5, 0.6) is 23.0 Å². The normalized spacial score (nSPS) is 18.5. The maximum Gasteiger partial charge on any atom is 0.123 e. The van der Waals surface area contributed by atoms with Crippen molar-refractivity contribution in [2.45, 2.75) is 29.9 Å². The highest BCUT2D eigenvalue weighted by atomic mass is 79.9. The van der Waals surface area contributed by atoms with E-state index in [0.717, 1.165) is 53.4 Å². The molecule has 2 aromatic carbocycles. The summed E-state index contributed by atoms with van der Waals surface area (Å²) in [5.74, 6) is 3.02. The summed E-state index contributed by atoms with van der Waals surface area (Å²) in [6.45, 7) is 7.21. The molecule has 0 amide bonds. The van der Waals surface area contributed by atoms with Crippen LogP contribution in [0.1, 0.15) is 30.4 Å². The first kappa shape index (κ1) is 34.9. The average Bonchev–Trinajstić information content (AvgIpc) is 3.01. The Morgan fingerprint density at radius 1 is 0.357 bits per heavy atom. The summed E-state index contributed by atoms with van der Waals surface area (Å²) in [5.41, 5.74) is 2.16. The lowest BCUT2D eigenvalue weighted by Gasteiger charge is -2.13. The molecule has 0 saturated carbocycles. The van der Waals surface area contributed by atoms with Gasteiger partial charge in [-0.1, -0.05) is 31.9 Å². The first-order valence-electron chi connectivity index (χ1n) is 14.6. The van der Waals surface area contributed by atoms with E-state index in [9.17, 15) is 0 Å². The maximum atomic E-state index is 5.90. The fraction of sp³-hybridized carbons (Fsp3) is 0.613. The van der Waals surface area contributed by atoms with Gasteiger partial charge in [0.15, 0.2) is 0 Å². The van der Waals surface area contributed by atoms with E-state index in [1.165, 1.54) is 0 Å². The molecule has 236 valence electrons. The Morgan fingerprint density at radius 3 is 0.952 bits per heavy atom. The van der Waals surface area contributed by atoms with Crippen LogP contribution in [0.4, 0.5) is 0 Å². The number of hydrogen-bond acceptors (Lipinski definition) is 9. The van der Waals surface area contributed by atoms with Crippen LogP contribution >= 0.6 is 31.9 Å². The molecule has 0 radical (unpaired) electrons. The van der Waals surface area contributed by atoms with Crippen LogP contribution in [-0.4, -0.2) is 92.5 Å². The molecule has 0 unspecified atom stereocenters. The molecule has 4 bridgehead atoms. The van der Waals surface area contributed by atoms with Gasteiger partial charge in [-0.2, -0.15) is 0 Å². The number of hydrogen-bond donors (Lipinski definition) is 0. The fourth-order valence-corrected chi connectivity index (χ4v) is 4.60. The molecular formula is C31H44Br2O9. The molecule has 2 aromatic rings. The van der Waals surface area contributed by atoms with Crippen LogP contribution in [0.25, 0.3) is 0 Å². The van der Waals surface area contributed by atoms with Crippen molar-refractivity contribution in [3.8, 4) is 23.0 Å². The topological polar surface area (TPSA) is 83.1 Å². The van der Waals surface area contributed by atoms with Crippen molar-refractivity contribution in [2.75, 3.05) is 92.5 Å². The third-order valence-electron chi connectivity index (χ3n) is 6.00. The summed E-state index contributed by atoms with van der Waals surface area (Å²) in [5, 5.41) is 1.42. The van der Waals surface area contributed by atoms with Crippen LogP contribution in [0.2, 0.25) is 0 Å². The van der Waals surface area contributed by atoms with Crippen molar-refractivity contribution in [3.05, 3.63) is 47.5 Å². The maximum absolute atomic E-state index is 5.90. The summed E-state index contributed by atoms with van der Waals surface area (Å²) in [7, 11) is 0. The predicted octanol–water partition coefficient (Wildman–Crippen LogP) is 5.96. The van der Waals surface area contributed by atoms with E-state index >= 15 is 0 Å². The van der Waals surface area contributed by atoms with Crippen LogP contribution in [0, 0.1) is 0 Å². The molecule has 0 aromatic heterocycles. The van der Waals surface area contributed by atoms with Gasteiger partial charge in [0.25, 0.3) is 0 Å². The number of alkyl halides is 2. The second-order valence-electron chi connectivity index (χ2n) is 9.41. The van der Waals surface area contributed by atoms with Gasteiger partial charge >= 0.3 is 0 Å². The largest absolute Gasteiger partial charge is 0.491 e. The Balaban J connectivity index is 1.41. The van der Waals surface area contributed by atoms with Crippen molar-refractivity contribution in [3.63, 3.8) is 0 Å². The Kier molecular flexibility index (Phi) is 19.0. The molecule has 42 heavy (non-hydrogen) atoms. The van der Waals surface area contributed by atoms with E-state index in [4.69, 9.17) is 42.6 Å². The molecule has 0 atom stereocenters. The minimum atomic E-state index is 0.439. The van der Waals surface area contributed by atoms with Gasteiger partial charge in [0.05, 0.1) is 52.9 Å². The lowest BCUT2D eigenvalue weighted by Crippen LogP contribution is -2.14. The number of benzene rings is 2. The molecule has 1 heterocycles. The lowest BCUT2D eigenvalue weighted by molar-refractivity contribution is 0.00496. The van der Waals surface area contributed by atoms with Crippen molar-refractivity contribution in [1.82, 2.24) is 0 Å². The molecule has 11 heteroatoms. The van der Waals surface area contributed by atoms with Crippen LogP contribution in [-0.2, 0) is 34.3 Å². The molecule has 0 saturated heterocycles. The van der Waals surface area contributed by atoms with E-state index < -0.39 is 0 Å². The van der Waals surface area contributed by atoms with Crippen LogP contribution < -0.4 is 18.9 Å². The minimum Gasteiger partial charge on any atom is -0.491 e. The molecule has 0 spiro atoms. The molecule has 9 nitrogen and oxygen atoms in total. The summed E-state index contributed by atoms with van der Waals surface area (Å²) < 4.78 is 51.9. The fourth-order valence-electron chi connectivity index (χ4n) is 3.95. The molecule has 1 aliphatic heterocycles. The van der Waals surface area contributed by atoms with E-state index in [-0.39, 0.29) is 0 Å². The Hall–Kier alpha value is -1.60. The quantitative estimate of drug-likeness (QED) is 0.350. The van der Waals surface area contributed by atoms with Gasteiger partial charge in [-0.05, 0) is 54.7 Å². The van der Waals surface area contributed by atoms with Gasteiger partial charge in [-0.25, -0.2) is 0 Å². The first-order chi connectivity index (χ1) is 20.8. The van der Waals surface area contributed by atoms with Gasteiger partial charge in [-0.15, -0.1) is 0 Å². The zero-order valence-corrected chi connectivity index (χ0v) is 27.5. The van der Waals surface area contributed by atoms with E-state index in [1.54, 1.807) is 0 Å². The summed E-state index contributed by atoms with van der Waals surface area (Å²) in [4.78, 5) is 0. The standard InChI is InChI=1S/C31H44Br2O9/c32-24-26-18-28-22-30(20-26)41-16-12-37-8-6-36-7-9-38-13-17-42-31-21-27(25-33)19-29(23-31)40-15-11-35-5-3-1-2-4-34-10-14-39-28/h18-23H,1-17,24-25H2. The number of ether oxygens (including phenoxy) is 9. The third-order valence-corrected chi connectivity index (χ3v) is 7.29. The monoisotopic (exact) mass is 718 g/mol. The molecule has 3 rings (SSSR count). The summed E-state index contributed by atoms with van der Waals surface area (Å²) in [6, 6.07) is 11.8. The smallest absolute Gasteiger partial charge is 0.123 e. The summed E-state index contributed by atoms with van der Waals surface area (Å²) >= 11 is 7.03. The van der Waals surface area contributed by atoms with E-state index in [2.05, 4.69) is 31.9 Å². The lowest BCUT2D eigenvalue weighted by atomic mass is 10.2. The minimum absolute atomic E-state index is 0.439. The van der Waals surface area contributed by atoms with Crippen molar-refractivity contribution >= 4 is 31.9 Å². The average molecular weight is 720 g/mol. The van der Waals surface area contributed by atoms with E-state index in [0.29, 0.717) is 103 Å². The molecule has 0 N–H and O–H groups in total. The van der Waals surface area contributed by atoms with Gasteiger partial charge in [0, 0.05) is 36.0 Å². The van der Waals surface area contributed by atoms with E-state index in [1.807, 2.05) is 36.4 Å². The zero-order valence-electron chi connectivity index (χ0n) is 24.3. The summed E-state index contributed by atoms with van der Waals surface area (Å²) in [6.07, 6.45) is 3.01. The van der Waals surface area contributed by atoms with Gasteiger partial charge in [0.1, 0.15) is 49.4 Å². The molecule has 0 aliphatic carbocycles. The molecular weight excluding hydrogens is 676 g/mol. The SMILES string of the molecule is BrCc1cc2cc(c1)OCCOCCOCCOCCOc1cc(CBr)cc(c1)OCCOCCCCCOCCO2. The first-order valence-corrected chi connectivity index (χ1v) is 16.8. The highest BCUT2D eigenvalue weighted by Gasteiger charge is 2.06. The second kappa shape index (κ2) is 22.9. The Bertz CT molecular complexity index is 837. The molecule has 1 aliphatic rings. The van der Waals surface area contributed by atoms with Crippen molar-refractivity contribution in [2.24, 2.45) is 0 Å². The van der Waals surface area contributed by atoms with Gasteiger partial charge in [-0.3, -0.25) is 0 Å². The van der Waals surface area contributed by atoms with Crippen LogP contribution in [0.15, 0.2) is 36.4 Å². The van der Waals surface area contributed by atoms with Crippen molar-refractivity contribution < 1.29 is 42.6 Å². The Morgan fingerprint density at radius 2 is 0.643 bits per heavy atom. The predicted molar refractivity (Wildman–Crippen MR) is 168 cm³/mol. The van der Waals surface area contributed by atoms with Crippen LogP contribution in [0.3, 0.4) is 0 Å². The number of rotatable bonds is 2. The number of fused-ring (bicyclic) bond motifs is 4. The molecule has 0 fully saturated rings. The van der Waals surface area contributed by atoms with Gasteiger partial charge < -0.3 is 42.6 Å². The highest BCUT2D eigenvalue weighted by molar-refractivity contribution is 9.08. The zero-order chi connectivity index (χ0) is 29.5. The van der Waals surface area contributed by atoms with Gasteiger partial charge in [0.2, 0.25) is 0 Å². The highest BCUT2D eigenvalue weighted by Crippen LogP contribution is 2.25. The second-order valence-corrected chi connectivity index (χ2v) is 10.5. The number of halogens is 2. The Labute approximate surface area is 266 Å².